The summed E-state index contributed by atoms with van der Waals surface area (Å²) in [4.78, 5) is 16.8. The Hall–Kier alpha value is -5.01. The number of ether oxygens (including phenoxy) is 1. The van der Waals surface area contributed by atoms with E-state index in [1.54, 1.807) is 6.20 Å². The average molecular weight is 541 g/mol. The minimum atomic E-state index is -4.94. The Balaban J connectivity index is 1.70. The summed E-state index contributed by atoms with van der Waals surface area (Å²) in [6.07, 6.45) is -2.30. The van der Waals surface area contributed by atoms with Crippen LogP contribution in [0.15, 0.2) is 35.9 Å². The van der Waals surface area contributed by atoms with Crippen molar-refractivity contribution < 1.29 is 17.9 Å². The second kappa shape index (κ2) is 7.99. The smallest absolute Gasteiger partial charge is 0.404 e. The van der Waals surface area contributed by atoms with Crippen molar-refractivity contribution in [2.45, 2.75) is 13.3 Å². The van der Waals surface area contributed by atoms with E-state index < -0.39 is 12.1 Å². The van der Waals surface area contributed by atoms with Crippen LogP contribution in [0.5, 0.6) is 5.75 Å². The van der Waals surface area contributed by atoms with Crippen molar-refractivity contribution in [2.24, 2.45) is 0 Å². The van der Waals surface area contributed by atoms with Crippen LogP contribution in [0.25, 0.3) is 52.8 Å². The maximum absolute atomic E-state index is 12.9. The standard InChI is InChI=1S/C26H7F3N6OS2/c1-10-4-12-16(14(6-30)32-2)22-18(20(12)34-8-10)24-25(37-22)19-21-13(5-11(9-35-21)36-26(27,28)29)17(23(19)38-24)15(7-31)33-3/h4-5,8-9H,1H3/b16-14+,17-15-. The fourth-order valence-corrected chi connectivity index (χ4v) is 7.69. The molecule has 0 saturated carbocycles. The van der Waals surface area contributed by atoms with Gasteiger partial charge in [0.05, 0.1) is 52.3 Å². The van der Waals surface area contributed by atoms with Crippen molar-refractivity contribution in [1.82, 2.24) is 9.97 Å². The number of allylic oxidation sites excluding steroid dienone is 2. The fraction of sp³-hybridized carbons (Fsp3) is 0.0769. The highest BCUT2D eigenvalue weighted by atomic mass is 32.1. The van der Waals surface area contributed by atoms with Crippen LogP contribution >= 0.6 is 22.7 Å². The van der Waals surface area contributed by atoms with Gasteiger partial charge in [0.2, 0.25) is 0 Å². The van der Waals surface area contributed by atoms with Crippen LogP contribution in [0, 0.1) is 42.7 Å². The summed E-state index contributed by atoms with van der Waals surface area (Å²) in [6.45, 7) is 16.9. The lowest BCUT2D eigenvalue weighted by atomic mass is 10.1. The van der Waals surface area contributed by atoms with Crippen LogP contribution in [-0.2, 0) is 0 Å². The van der Waals surface area contributed by atoms with Gasteiger partial charge in [-0.05, 0) is 24.6 Å². The van der Waals surface area contributed by atoms with Crippen LogP contribution in [-0.4, -0.2) is 16.3 Å². The molecule has 4 aromatic rings. The molecule has 6 rings (SSSR count). The molecule has 0 bridgehead atoms. The maximum Gasteiger partial charge on any atom is 0.573 e. The van der Waals surface area contributed by atoms with Gasteiger partial charge in [0.25, 0.3) is 11.4 Å². The highest BCUT2D eigenvalue weighted by Crippen LogP contribution is 2.61. The number of pyridine rings is 2. The summed E-state index contributed by atoms with van der Waals surface area (Å²) in [7, 11) is 0. The molecule has 0 amide bonds. The van der Waals surface area contributed by atoms with Crippen molar-refractivity contribution in [2.75, 3.05) is 0 Å². The number of hydrogen-bond acceptors (Lipinski definition) is 7. The number of fused-ring (bicyclic) bond motifs is 9. The zero-order valence-corrected chi connectivity index (χ0v) is 20.5. The number of alkyl halides is 3. The number of rotatable bonds is 1. The molecule has 0 radical (unpaired) electrons. The number of thiophene rings is 2. The first-order valence-corrected chi connectivity index (χ1v) is 12.2. The van der Waals surface area contributed by atoms with Gasteiger partial charge in [-0.1, -0.05) is 0 Å². The molecule has 0 aromatic carbocycles. The van der Waals surface area contributed by atoms with Gasteiger partial charge in [0, 0.05) is 49.4 Å². The molecule has 2 aliphatic rings. The Labute approximate surface area is 220 Å². The van der Waals surface area contributed by atoms with Crippen molar-refractivity contribution in [3.05, 3.63) is 85.2 Å². The van der Waals surface area contributed by atoms with E-state index in [1.807, 2.05) is 25.1 Å². The number of aryl methyl sites for hydroxylation is 1. The molecule has 0 saturated heterocycles. The van der Waals surface area contributed by atoms with E-state index in [2.05, 4.69) is 24.4 Å². The van der Waals surface area contributed by atoms with Gasteiger partial charge in [-0.3, -0.25) is 9.97 Å². The van der Waals surface area contributed by atoms with E-state index >= 15 is 0 Å². The highest BCUT2D eigenvalue weighted by Gasteiger charge is 2.39. The molecule has 38 heavy (non-hydrogen) atoms. The first kappa shape index (κ1) is 23.4. The Bertz CT molecular complexity index is 1970. The Morgan fingerprint density at radius 1 is 0.895 bits per heavy atom. The molecule has 0 fully saturated rings. The molecule has 4 heterocycles. The molecule has 0 aliphatic heterocycles. The molecular formula is C26H7F3N6OS2. The van der Waals surface area contributed by atoms with Crippen LogP contribution in [0.1, 0.15) is 26.4 Å². The maximum atomic E-state index is 12.9. The number of halogens is 3. The average Bonchev–Trinajstić information content (AvgIpc) is 3.56. The predicted molar refractivity (Wildman–Crippen MR) is 134 cm³/mol. The summed E-state index contributed by atoms with van der Waals surface area (Å²) in [6, 6.07) is 6.82. The first-order valence-electron chi connectivity index (χ1n) is 10.6. The first-order chi connectivity index (χ1) is 18.2. The molecule has 4 aromatic heterocycles. The molecule has 0 N–H and O–H groups in total. The number of hydrogen-bond donors (Lipinski definition) is 0. The second-order valence-electron chi connectivity index (χ2n) is 8.19. The van der Waals surface area contributed by atoms with Crippen LogP contribution in [0.4, 0.5) is 13.2 Å². The third kappa shape index (κ3) is 3.16. The van der Waals surface area contributed by atoms with Gasteiger partial charge in [0.1, 0.15) is 5.75 Å². The van der Waals surface area contributed by atoms with Crippen molar-refractivity contribution in [1.29, 1.82) is 10.5 Å². The van der Waals surface area contributed by atoms with Gasteiger partial charge in [-0.25, -0.2) is 20.2 Å². The Morgan fingerprint density at radius 3 is 1.87 bits per heavy atom. The molecule has 0 spiro atoms. The lowest BCUT2D eigenvalue weighted by Crippen LogP contribution is -2.17. The zero-order chi connectivity index (χ0) is 26.9. The van der Waals surface area contributed by atoms with Crippen LogP contribution in [0.3, 0.4) is 0 Å². The van der Waals surface area contributed by atoms with E-state index in [0.29, 0.717) is 37.8 Å². The summed E-state index contributed by atoms with van der Waals surface area (Å²) in [5.41, 5.74) is 4.31. The number of nitriles is 2. The third-order valence-electron chi connectivity index (χ3n) is 6.02. The van der Waals surface area contributed by atoms with Gasteiger partial charge in [-0.2, -0.15) is 0 Å². The monoisotopic (exact) mass is 540 g/mol. The summed E-state index contributed by atoms with van der Waals surface area (Å²) in [5, 5.41) is 19.3. The number of aromatic nitrogens is 2. The Kier molecular flexibility index (Phi) is 4.92. The summed E-state index contributed by atoms with van der Waals surface area (Å²) in [5.74, 6) is -0.564. The van der Waals surface area contributed by atoms with Gasteiger partial charge in [0.15, 0.2) is 0 Å². The van der Waals surface area contributed by atoms with Crippen molar-refractivity contribution >= 4 is 43.2 Å². The largest absolute Gasteiger partial charge is 0.573 e. The SMILES string of the molecule is [C-]#[N+]/C(C#N)=C1/c2cc(OC(F)(F)F)cnc2-c2c1sc1c3c(sc21)/C(=C(\C#N)[N+]#[C-])c1cc(C)cnc1-3. The lowest BCUT2D eigenvalue weighted by Gasteiger charge is -2.10. The molecule has 7 nitrogen and oxygen atoms in total. The van der Waals surface area contributed by atoms with E-state index in [4.69, 9.17) is 13.1 Å². The highest BCUT2D eigenvalue weighted by molar-refractivity contribution is 7.31. The lowest BCUT2D eigenvalue weighted by molar-refractivity contribution is -0.274. The normalized spacial score (nSPS) is 15.4. The quantitative estimate of drug-likeness (QED) is 0.161. The van der Waals surface area contributed by atoms with E-state index in [9.17, 15) is 23.7 Å². The topological polar surface area (TPSA) is 91.3 Å². The van der Waals surface area contributed by atoms with Crippen molar-refractivity contribution in [3.8, 4) is 40.4 Å². The zero-order valence-electron chi connectivity index (χ0n) is 18.9. The van der Waals surface area contributed by atoms with E-state index in [-0.39, 0.29) is 22.5 Å². The molecular weight excluding hydrogens is 533 g/mol. The molecule has 0 atom stereocenters. The van der Waals surface area contributed by atoms with Crippen LogP contribution in [0.2, 0.25) is 0 Å². The van der Waals surface area contributed by atoms with E-state index in [0.717, 1.165) is 32.8 Å². The van der Waals surface area contributed by atoms with Gasteiger partial charge < -0.3 is 4.74 Å². The molecule has 180 valence electrons. The molecule has 12 heteroatoms. The Morgan fingerprint density at radius 2 is 1.39 bits per heavy atom. The predicted octanol–water partition coefficient (Wildman–Crippen LogP) is 7.33. The van der Waals surface area contributed by atoms with Crippen LogP contribution < -0.4 is 4.74 Å². The number of nitrogens with zero attached hydrogens (tertiary/aromatic N) is 6. The third-order valence-corrected chi connectivity index (χ3v) is 8.60. The summed E-state index contributed by atoms with van der Waals surface area (Å²) < 4.78 is 44.2. The van der Waals surface area contributed by atoms with E-state index in [1.165, 1.54) is 22.7 Å². The van der Waals surface area contributed by atoms with Gasteiger partial charge in [-0.15, -0.1) is 35.8 Å². The summed E-state index contributed by atoms with van der Waals surface area (Å²) >= 11 is 2.59. The van der Waals surface area contributed by atoms with Gasteiger partial charge >= 0.3 is 6.36 Å². The molecule has 2 aliphatic carbocycles. The fourth-order valence-electron chi connectivity index (χ4n) is 4.69. The van der Waals surface area contributed by atoms with Crippen molar-refractivity contribution in [3.63, 3.8) is 0 Å². The minimum Gasteiger partial charge on any atom is -0.404 e. The second-order valence-corrected chi connectivity index (χ2v) is 10.2. The molecule has 0 unspecified atom stereocenters. The minimum absolute atomic E-state index is 0.0734.